The third-order valence-corrected chi connectivity index (χ3v) is 15.0. The molecule has 6 aliphatic rings. The summed E-state index contributed by atoms with van der Waals surface area (Å²) < 4.78 is 0. The van der Waals surface area contributed by atoms with Crippen LogP contribution in [0.2, 0.25) is 41.7 Å². The van der Waals surface area contributed by atoms with E-state index in [0.29, 0.717) is 25.7 Å². The Kier molecular flexibility index (Phi) is 9.09. The van der Waals surface area contributed by atoms with Gasteiger partial charge in [0.2, 0.25) is 0 Å². The number of rotatable bonds is 10. The molecule has 8 bridgehead atoms. The number of H-pyrrole nitrogens is 2. The molecule has 5 aromatic rings. The first-order valence-corrected chi connectivity index (χ1v) is 22.1. The fourth-order valence-electron chi connectivity index (χ4n) is 10.2. The summed E-state index contributed by atoms with van der Waals surface area (Å²) in [5.41, 5.74) is 15.0. The van der Waals surface area contributed by atoms with E-state index in [-0.39, 0.29) is 0 Å². The Hall–Kier alpha value is -4.18. The maximum absolute atomic E-state index is 6.82. The molecule has 0 amide bonds. The van der Waals surface area contributed by atoms with Gasteiger partial charge in [0, 0.05) is 33.2 Å². The van der Waals surface area contributed by atoms with Crippen LogP contribution >= 0.6 is 0 Å². The molecule has 4 nitrogen and oxygen atoms in total. The molecule has 0 aliphatic carbocycles. The van der Waals surface area contributed by atoms with Crippen molar-refractivity contribution in [2.24, 2.45) is 0 Å². The van der Waals surface area contributed by atoms with Crippen LogP contribution in [0.4, 0.5) is 0 Å². The highest BCUT2D eigenvalue weighted by atomic mass is 14.8. The molecule has 8 unspecified atom stereocenters. The summed E-state index contributed by atoms with van der Waals surface area (Å²) in [5, 5.41) is -4.70. The summed E-state index contributed by atoms with van der Waals surface area (Å²) in [6.45, 7) is 7.88. The molecular weight excluding hydrogens is 762 g/mol. The highest BCUT2D eigenvalue weighted by Crippen LogP contribution is 2.68. The van der Waals surface area contributed by atoms with Gasteiger partial charge in [-0.1, -0.05) is 84.9 Å². The molecule has 0 saturated carbocycles. The molecular formula is C48H38B12N4. The van der Waals surface area contributed by atoms with Gasteiger partial charge in [0.25, 0.3) is 0 Å². The van der Waals surface area contributed by atoms with E-state index in [2.05, 4.69) is 94.9 Å². The monoisotopic (exact) mass is 802 g/mol. The van der Waals surface area contributed by atoms with Crippen molar-refractivity contribution < 1.29 is 0 Å². The maximum Gasteiger partial charge on any atom is 0.102 e. The molecule has 3 aromatic heterocycles. The van der Waals surface area contributed by atoms with Gasteiger partial charge in [-0.05, 0) is 120 Å². The Morgan fingerprint density at radius 2 is 0.734 bits per heavy atom. The van der Waals surface area contributed by atoms with Gasteiger partial charge < -0.3 is 9.97 Å². The van der Waals surface area contributed by atoms with Crippen LogP contribution < -0.4 is 0 Å². The molecule has 2 N–H and O–H groups in total. The Bertz CT molecular complexity index is 2890. The van der Waals surface area contributed by atoms with E-state index >= 15 is 0 Å². The third-order valence-electron chi connectivity index (χ3n) is 15.0. The largest absolute Gasteiger partial charge is 0.355 e. The lowest BCUT2D eigenvalue weighted by Gasteiger charge is -2.22. The molecule has 64 heavy (non-hydrogen) atoms. The smallest absolute Gasteiger partial charge is 0.102 e. The summed E-state index contributed by atoms with van der Waals surface area (Å²) >= 11 is 0. The van der Waals surface area contributed by atoms with Gasteiger partial charge in [0.1, 0.15) is 29.1 Å². The first-order valence-electron chi connectivity index (χ1n) is 22.1. The highest BCUT2D eigenvalue weighted by Gasteiger charge is 2.58. The summed E-state index contributed by atoms with van der Waals surface area (Å²) in [5.74, 6) is 0. The van der Waals surface area contributed by atoms with Crippen LogP contribution in [-0.2, 0) is 25.7 Å². The quantitative estimate of drug-likeness (QED) is 0.142. The second-order valence-corrected chi connectivity index (χ2v) is 20.9. The third kappa shape index (κ3) is 7.31. The van der Waals surface area contributed by atoms with Crippen molar-refractivity contribution >= 4 is 138 Å². The van der Waals surface area contributed by atoms with Crippen LogP contribution in [0.3, 0.4) is 0 Å². The van der Waals surface area contributed by atoms with Crippen molar-refractivity contribution in [1.29, 1.82) is 0 Å². The Labute approximate surface area is 391 Å². The van der Waals surface area contributed by atoms with Gasteiger partial charge in [0.15, 0.2) is 0 Å². The van der Waals surface area contributed by atoms with E-state index < -0.39 is 41.7 Å². The first-order chi connectivity index (χ1) is 29.9. The van der Waals surface area contributed by atoms with E-state index in [9.17, 15) is 0 Å². The second kappa shape index (κ2) is 13.7. The number of hydrogen-bond donors (Lipinski definition) is 2. The lowest BCUT2D eigenvalue weighted by atomic mass is 9.63. The van der Waals surface area contributed by atoms with Crippen molar-refractivity contribution in [3.05, 3.63) is 118 Å². The Balaban J connectivity index is 1.07. The number of nitrogens with one attached hydrogen (secondary N) is 2. The fraction of sp³-hybridized carbons (Fsp3) is 0.333. The molecule has 6 aliphatic heterocycles. The molecule has 8 atom stereocenters. The zero-order valence-corrected chi connectivity index (χ0v) is 36.9. The molecule has 16 heteroatoms. The summed E-state index contributed by atoms with van der Waals surface area (Å²) in [6.07, 6.45) is 10.5. The van der Waals surface area contributed by atoms with Gasteiger partial charge in [0.05, 0.1) is 85.5 Å². The molecule has 9 heterocycles. The fourth-order valence-corrected chi connectivity index (χ4v) is 10.2. The van der Waals surface area contributed by atoms with E-state index in [1.54, 1.807) is 0 Å². The van der Waals surface area contributed by atoms with E-state index in [4.69, 9.17) is 72.7 Å². The van der Waals surface area contributed by atoms with Crippen molar-refractivity contribution in [3.63, 3.8) is 0 Å². The minimum absolute atomic E-state index is 0.553. The average molecular weight is 801 g/mol. The summed E-state index contributed by atoms with van der Waals surface area (Å²) in [4.78, 5) is 17.9. The maximum atomic E-state index is 6.82. The van der Waals surface area contributed by atoms with Crippen LogP contribution in [-0.4, -0.2) is 112 Å². The molecule has 4 saturated heterocycles. The highest BCUT2D eigenvalue weighted by molar-refractivity contribution is 6.82. The topological polar surface area (TPSA) is 57.4 Å². The molecule has 11 rings (SSSR count). The van der Waals surface area contributed by atoms with Crippen LogP contribution in [0.1, 0.15) is 72.7 Å². The minimum atomic E-state index is -0.624. The van der Waals surface area contributed by atoms with Crippen molar-refractivity contribution in [3.8, 4) is 22.3 Å². The normalized spacial score (nSPS) is 33.7. The van der Waals surface area contributed by atoms with Crippen LogP contribution in [0.15, 0.2) is 72.8 Å². The molecule has 20 radical (unpaired) electrons. The number of hydrogen-bond acceptors (Lipinski definition) is 2. The SMILES string of the molecule is [B]C1(C)[B]C1([B])Cc1cc(CC2([B])[B]C2([B])C)cc(-c2c3nc(cc4ccc([nH]4)c(-c4cc(CC5([B])[B]C5([B])C)cc(CC5([B])[B]C5([B])C)c4)c4ccc(cc5nc2C=C5)[nH]4)C=C3)c1. The number of nitrogens with zero attached hydrogens (tertiary/aromatic N) is 2. The van der Waals surface area contributed by atoms with Gasteiger partial charge in [-0.25, -0.2) is 9.97 Å². The predicted molar refractivity (Wildman–Crippen MR) is 278 cm³/mol. The zero-order valence-electron chi connectivity index (χ0n) is 36.9. The number of fused-ring (bicyclic) bond motifs is 8. The Morgan fingerprint density at radius 3 is 1.05 bits per heavy atom. The van der Waals surface area contributed by atoms with Crippen LogP contribution in [0, 0.1) is 0 Å². The summed E-state index contributed by atoms with van der Waals surface area (Å²) in [7, 11) is 61.4. The predicted octanol–water partition coefficient (Wildman–Crippen LogP) is 7.39. The summed E-state index contributed by atoms with van der Waals surface area (Å²) in [6, 6.07) is 25.7. The molecule has 4 fully saturated rings. The standard InChI is InChI=1S/C48H38B12N4/c1-41(49)45(53,57-41)21-25-13-26(22-46(54)42(2,50)58-46)16-29(15-25)39-35-9-5-31(61-35)19-33-7-11-37(63-33)40(38-12-8-34(64-38)20-32-6-10-36(39)62-32)30-17-27(23-47(55)43(3,51)59-47)14-28(18-30)24-48(56)44(4,52)60-48/h5-20,61-62H,21-24H2,1-4H3. The van der Waals surface area contributed by atoms with E-state index in [0.717, 1.165) is 89.4 Å². The number of aromatic nitrogens is 4. The van der Waals surface area contributed by atoms with E-state index in [1.807, 2.05) is 69.0 Å². The van der Waals surface area contributed by atoms with Gasteiger partial charge in [-0.3, -0.25) is 0 Å². The molecule has 286 valence electrons. The van der Waals surface area contributed by atoms with Gasteiger partial charge in [-0.2, -0.15) is 0 Å². The van der Waals surface area contributed by atoms with Crippen molar-refractivity contribution in [1.82, 2.24) is 19.9 Å². The van der Waals surface area contributed by atoms with Gasteiger partial charge in [-0.15, -0.1) is 20.9 Å². The second-order valence-electron chi connectivity index (χ2n) is 20.9. The minimum Gasteiger partial charge on any atom is -0.355 e. The lowest BCUT2D eigenvalue weighted by Crippen LogP contribution is -2.08. The van der Waals surface area contributed by atoms with Crippen LogP contribution in [0.25, 0.3) is 68.6 Å². The van der Waals surface area contributed by atoms with E-state index in [1.165, 1.54) is 0 Å². The molecule has 2 aromatic carbocycles. The number of benzene rings is 2. The molecule has 0 spiro atoms. The van der Waals surface area contributed by atoms with Gasteiger partial charge >= 0.3 is 0 Å². The van der Waals surface area contributed by atoms with Crippen LogP contribution in [0.5, 0.6) is 0 Å². The average Bonchev–Trinajstić information content (AvgIpc) is 3.77. The zero-order chi connectivity index (χ0) is 45.0. The number of aromatic amines is 2. The van der Waals surface area contributed by atoms with Crippen molar-refractivity contribution in [2.75, 3.05) is 0 Å². The Morgan fingerprint density at radius 1 is 0.422 bits per heavy atom. The lowest BCUT2D eigenvalue weighted by molar-refractivity contribution is 0.773. The van der Waals surface area contributed by atoms with Crippen molar-refractivity contribution in [2.45, 2.75) is 95.1 Å². The first kappa shape index (κ1) is 42.5.